The van der Waals surface area contributed by atoms with Crippen LogP contribution in [-0.4, -0.2) is 131 Å². The van der Waals surface area contributed by atoms with E-state index in [9.17, 15) is 60.3 Å². The third-order valence-corrected chi connectivity index (χ3v) is 7.81. The first-order valence-electron chi connectivity index (χ1n) is 14.5. The summed E-state index contributed by atoms with van der Waals surface area (Å²) in [5.41, 5.74) is -1.61. The summed E-state index contributed by atoms with van der Waals surface area (Å²) in [6, 6.07) is 5.21. The highest BCUT2D eigenvalue weighted by Crippen LogP contribution is 2.40. The number of rotatable bonds is 9. The fourth-order valence-corrected chi connectivity index (χ4v) is 5.15. The molecule has 10 unspecified atom stereocenters. The summed E-state index contributed by atoms with van der Waals surface area (Å²) in [7, 11) is 0. The van der Waals surface area contributed by atoms with E-state index in [1.165, 1.54) is 13.0 Å². The number of ether oxygens (including phenoxy) is 5. The van der Waals surface area contributed by atoms with Crippen molar-refractivity contribution in [1.29, 1.82) is 0 Å². The van der Waals surface area contributed by atoms with Crippen LogP contribution in [0, 0.1) is 0 Å². The number of aliphatic carboxylic acids is 1. The van der Waals surface area contributed by atoms with Crippen LogP contribution in [0.15, 0.2) is 39.5 Å². The molecule has 3 aromatic rings. The Bertz CT molecular complexity index is 1770. The van der Waals surface area contributed by atoms with E-state index in [-0.39, 0.29) is 16.9 Å². The fourth-order valence-electron chi connectivity index (χ4n) is 5.15. The van der Waals surface area contributed by atoms with Crippen LogP contribution in [-0.2, 0) is 23.8 Å². The van der Waals surface area contributed by atoms with Crippen molar-refractivity contribution in [3.8, 4) is 40.1 Å². The number of aliphatic hydroxyl groups excluding tert-OH is 6. The summed E-state index contributed by atoms with van der Waals surface area (Å²) in [5, 5.41) is 101. The molecule has 10 atom stereocenters. The van der Waals surface area contributed by atoms with E-state index in [4.69, 9.17) is 33.2 Å². The van der Waals surface area contributed by atoms with Gasteiger partial charge in [0.25, 0.3) is 0 Å². The summed E-state index contributed by atoms with van der Waals surface area (Å²) in [4.78, 5) is 36.4. The van der Waals surface area contributed by atoms with Crippen molar-refractivity contribution in [2.24, 2.45) is 0 Å². The number of esters is 1. The number of carbonyl (C=O) groups is 2. The standard InChI is InChI=1S/C30H32O19/c1-9-20(37)23(40)25(42)29(45-9)46-11-5-14(33)19-15(6-11)47-27(10-2-3-12(31)13(32)4-10)28(22(19)39)49-30-26(43)24(41)21(38)16(48-30)8-44-18(36)7-17(34)35/h2-6,9,16,20-21,23-26,29-33,37-38,40-43H,7-8H2,1H3,(H,34,35). The lowest BCUT2D eigenvalue weighted by molar-refractivity contribution is -0.278. The zero-order valence-electron chi connectivity index (χ0n) is 25.2. The van der Waals surface area contributed by atoms with E-state index in [0.29, 0.717) is 0 Å². The lowest BCUT2D eigenvalue weighted by atomic mass is 9.99. The van der Waals surface area contributed by atoms with Crippen molar-refractivity contribution in [2.45, 2.75) is 74.8 Å². The molecule has 49 heavy (non-hydrogen) atoms. The number of phenolic OH excluding ortho intramolecular Hbond substituents is 3. The van der Waals surface area contributed by atoms with Crippen molar-refractivity contribution in [3.05, 3.63) is 40.6 Å². The molecule has 2 aliphatic heterocycles. The summed E-state index contributed by atoms with van der Waals surface area (Å²) in [5.74, 6) is -6.23. The third kappa shape index (κ3) is 7.19. The second kappa shape index (κ2) is 14.0. The molecule has 2 fully saturated rings. The van der Waals surface area contributed by atoms with Crippen LogP contribution in [0.3, 0.4) is 0 Å². The first-order valence-corrected chi connectivity index (χ1v) is 14.5. The van der Waals surface area contributed by atoms with Crippen LogP contribution in [0.25, 0.3) is 22.3 Å². The average molecular weight is 697 g/mol. The van der Waals surface area contributed by atoms with Gasteiger partial charge in [0.1, 0.15) is 78.2 Å². The van der Waals surface area contributed by atoms with E-state index in [0.717, 1.165) is 24.3 Å². The molecule has 0 spiro atoms. The molecule has 2 aliphatic rings. The van der Waals surface area contributed by atoms with Gasteiger partial charge >= 0.3 is 11.9 Å². The number of phenols is 3. The van der Waals surface area contributed by atoms with Gasteiger partial charge in [-0.1, -0.05) is 0 Å². The van der Waals surface area contributed by atoms with Gasteiger partial charge in [-0.3, -0.25) is 14.4 Å². The molecule has 19 heteroatoms. The molecule has 5 rings (SSSR count). The molecule has 1 aromatic heterocycles. The minimum atomic E-state index is -2.06. The summed E-state index contributed by atoms with van der Waals surface area (Å²) in [6.07, 6.45) is -17.9. The quantitative estimate of drug-likeness (QED) is 0.0656. The number of fused-ring (bicyclic) bond motifs is 1. The SMILES string of the molecule is CC1OC(Oc2cc(O)c3c(=O)c(OC4OC(COC(=O)CC(=O)O)C(O)C(O)C4O)c(-c4ccc(O)c(O)c4)oc3c2)C(O)C(O)C1O. The zero-order valence-corrected chi connectivity index (χ0v) is 25.2. The summed E-state index contributed by atoms with van der Waals surface area (Å²) in [6.45, 7) is 0.606. The molecule has 10 N–H and O–H groups in total. The Labute approximate surface area is 273 Å². The molecule has 0 saturated carbocycles. The molecule has 2 aromatic carbocycles. The molecule has 0 radical (unpaired) electrons. The second-order valence-corrected chi connectivity index (χ2v) is 11.3. The Kier molecular flexibility index (Phi) is 10.2. The zero-order chi connectivity index (χ0) is 35.9. The lowest BCUT2D eigenvalue weighted by Gasteiger charge is -2.39. The highest BCUT2D eigenvalue weighted by Gasteiger charge is 2.47. The van der Waals surface area contributed by atoms with Gasteiger partial charge in [0, 0.05) is 17.7 Å². The van der Waals surface area contributed by atoms with Crippen molar-refractivity contribution >= 4 is 22.9 Å². The van der Waals surface area contributed by atoms with Gasteiger partial charge in [0.05, 0.1) is 6.10 Å². The highest BCUT2D eigenvalue weighted by molar-refractivity contribution is 5.90. The van der Waals surface area contributed by atoms with Gasteiger partial charge in [-0.15, -0.1) is 0 Å². The number of hydrogen-bond donors (Lipinski definition) is 10. The van der Waals surface area contributed by atoms with Gasteiger partial charge in [-0.05, 0) is 25.1 Å². The largest absolute Gasteiger partial charge is 0.507 e. The maximum atomic E-state index is 13.9. The Balaban J connectivity index is 1.54. The van der Waals surface area contributed by atoms with Gasteiger partial charge in [0.2, 0.25) is 23.8 Å². The number of carbonyl (C=O) groups excluding carboxylic acids is 1. The Morgan fingerprint density at radius 2 is 1.43 bits per heavy atom. The Morgan fingerprint density at radius 3 is 2.08 bits per heavy atom. The molecular formula is C30H32O19. The maximum absolute atomic E-state index is 13.9. The number of hydrogen-bond acceptors (Lipinski definition) is 18. The van der Waals surface area contributed by atoms with Crippen LogP contribution in [0.5, 0.6) is 28.7 Å². The molecule has 19 nitrogen and oxygen atoms in total. The molecule has 0 aliphatic carbocycles. The predicted molar refractivity (Wildman–Crippen MR) is 156 cm³/mol. The molecule has 0 bridgehead atoms. The van der Waals surface area contributed by atoms with E-state index in [2.05, 4.69) is 0 Å². The molecule has 0 amide bonds. The third-order valence-electron chi connectivity index (χ3n) is 7.81. The second-order valence-electron chi connectivity index (χ2n) is 11.3. The smallest absolute Gasteiger partial charge is 0.317 e. The Morgan fingerprint density at radius 1 is 0.776 bits per heavy atom. The van der Waals surface area contributed by atoms with Gasteiger partial charge in [-0.25, -0.2) is 0 Å². The van der Waals surface area contributed by atoms with Crippen molar-refractivity contribution in [1.82, 2.24) is 0 Å². The first kappa shape index (κ1) is 35.6. The van der Waals surface area contributed by atoms with Crippen molar-refractivity contribution in [3.63, 3.8) is 0 Å². The topological polar surface area (TPSA) is 313 Å². The van der Waals surface area contributed by atoms with E-state index in [1.807, 2.05) is 0 Å². The fraction of sp³-hybridized carbons (Fsp3) is 0.433. The summed E-state index contributed by atoms with van der Waals surface area (Å²) >= 11 is 0. The van der Waals surface area contributed by atoms with Gasteiger partial charge in [-0.2, -0.15) is 0 Å². The van der Waals surface area contributed by atoms with Crippen LogP contribution >= 0.6 is 0 Å². The monoisotopic (exact) mass is 696 g/mol. The first-order chi connectivity index (χ1) is 23.1. The minimum Gasteiger partial charge on any atom is -0.507 e. The number of aromatic hydroxyl groups is 3. The van der Waals surface area contributed by atoms with Crippen LogP contribution < -0.4 is 14.9 Å². The molecular weight excluding hydrogens is 664 g/mol. The average Bonchev–Trinajstić information content (AvgIpc) is 3.04. The number of carboxylic acids is 1. The highest BCUT2D eigenvalue weighted by atomic mass is 16.7. The molecule has 2 saturated heterocycles. The normalized spacial score (nSPS) is 30.1. The molecule has 266 valence electrons. The van der Waals surface area contributed by atoms with Gasteiger partial charge < -0.3 is 79.2 Å². The van der Waals surface area contributed by atoms with E-state index >= 15 is 0 Å². The summed E-state index contributed by atoms with van der Waals surface area (Å²) < 4.78 is 32.8. The Hall–Kier alpha value is -4.73. The number of aliphatic hydroxyl groups is 6. The van der Waals surface area contributed by atoms with E-state index in [1.54, 1.807) is 0 Å². The number of carboxylic acid groups (broad SMARTS) is 1. The van der Waals surface area contributed by atoms with Crippen molar-refractivity contribution in [2.75, 3.05) is 6.61 Å². The van der Waals surface area contributed by atoms with Gasteiger partial charge in [0.15, 0.2) is 17.3 Å². The van der Waals surface area contributed by atoms with Crippen LogP contribution in [0.1, 0.15) is 13.3 Å². The lowest BCUT2D eigenvalue weighted by Crippen LogP contribution is -2.60. The van der Waals surface area contributed by atoms with Crippen LogP contribution in [0.2, 0.25) is 0 Å². The van der Waals surface area contributed by atoms with Crippen LogP contribution in [0.4, 0.5) is 0 Å². The minimum absolute atomic E-state index is 0.114. The molecule has 3 heterocycles. The number of benzene rings is 2. The maximum Gasteiger partial charge on any atom is 0.317 e. The van der Waals surface area contributed by atoms with E-state index < -0.39 is 126 Å². The predicted octanol–water partition coefficient (Wildman–Crippen LogP) is -2.01. The van der Waals surface area contributed by atoms with Crippen molar-refractivity contribution < 1.29 is 88.8 Å².